The Morgan fingerprint density at radius 1 is 0.963 bits per heavy atom. The molecule has 1 aliphatic rings. The van der Waals surface area contributed by atoms with Crippen molar-refractivity contribution in [2.75, 3.05) is 24.6 Å². The third-order valence-corrected chi connectivity index (χ3v) is 5.59. The third kappa shape index (κ3) is 3.38. The van der Waals surface area contributed by atoms with Gasteiger partial charge in [0.2, 0.25) is 0 Å². The Bertz CT molecular complexity index is 906. The molecule has 27 heavy (non-hydrogen) atoms. The van der Waals surface area contributed by atoms with Gasteiger partial charge in [-0.2, -0.15) is 10.2 Å². The number of aliphatic hydroxyl groups is 1. The smallest absolute Gasteiger partial charge is 0.125 e. The Balaban J connectivity index is 1.55. The zero-order chi connectivity index (χ0) is 18.7. The SMILES string of the molecule is OCC1(c2ccccc2)CCN(c2cnnc(-c3ccccc3O)c2)CC1. The lowest BCUT2D eigenvalue weighted by molar-refractivity contribution is 0.165. The van der Waals surface area contributed by atoms with E-state index in [4.69, 9.17) is 0 Å². The van der Waals surface area contributed by atoms with Crippen LogP contribution < -0.4 is 4.90 Å². The number of benzene rings is 2. The highest BCUT2D eigenvalue weighted by Gasteiger charge is 2.35. The third-order valence-electron chi connectivity index (χ3n) is 5.59. The van der Waals surface area contributed by atoms with Crippen molar-refractivity contribution >= 4 is 5.69 Å². The molecule has 0 saturated carbocycles. The predicted molar refractivity (Wildman–Crippen MR) is 106 cm³/mol. The monoisotopic (exact) mass is 361 g/mol. The summed E-state index contributed by atoms with van der Waals surface area (Å²) in [6.45, 7) is 1.82. The van der Waals surface area contributed by atoms with E-state index in [0.29, 0.717) is 11.3 Å². The molecule has 1 saturated heterocycles. The quantitative estimate of drug-likeness (QED) is 0.746. The number of aromatic hydroxyl groups is 1. The number of hydrogen-bond acceptors (Lipinski definition) is 5. The van der Waals surface area contributed by atoms with Crippen LogP contribution >= 0.6 is 0 Å². The topological polar surface area (TPSA) is 69.5 Å². The second kappa shape index (κ2) is 7.37. The first-order chi connectivity index (χ1) is 13.2. The Labute approximate surface area is 158 Å². The second-order valence-corrected chi connectivity index (χ2v) is 7.11. The van der Waals surface area contributed by atoms with E-state index >= 15 is 0 Å². The molecule has 0 amide bonds. The van der Waals surface area contributed by atoms with Gasteiger partial charge >= 0.3 is 0 Å². The van der Waals surface area contributed by atoms with Gasteiger partial charge in [-0.05, 0) is 36.6 Å². The van der Waals surface area contributed by atoms with Crippen molar-refractivity contribution in [3.8, 4) is 17.0 Å². The van der Waals surface area contributed by atoms with Crippen LogP contribution in [0.4, 0.5) is 5.69 Å². The molecule has 3 aromatic rings. The largest absolute Gasteiger partial charge is 0.507 e. The second-order valence-electron chi connectivity index (χ2n) is 7.11. The van der Waals surface area contributed by atoms with Gasteiger partial charge in [0, 0.05) is 24.1 Å². The Morgan fingerprint density at radius 2 is 1.67 bits per heavy atom. The van der Waals surface area contributed by atoms with Gasteiger partial charge in [0.15, 0.2) is 0 Å². The molecule has 2 aromatic carbocycles. The standard InChI is InChI=1S/C22H23N3O2/c26-16-22(17-6-2-1-3-7-17)10-12-25(13-11-22)18-14-20(24-23-15-18)19-8-4-5-9-21(19)27/h1-9,14-15,26-27H,10-13,16H2. The van der Waals surface area contributed by atoms with E-state index in [-0.39, 0.29) is 17.8 Å². The predicted octanol–water partition coefficient (Wildman–Crippen LogP) is 3.38. The molecular formula is C22H23N3O2. The minimum Gasteiger partial charge on any atom is -0.507 e. The van der Waals surface area contributed by atoms with Gasteiger partial charge in [0.1, 0.15) is 5.75 Å². The summed E-state index contributed by atoms with van der Waals surface area (Å²) in [6, 6.07) is 19.4. The van der Waals surface area contributed by atoms with Crippen molar-refractivity contribution in [2.45, 2.75) is 18.3 Å². The number of hydrogen-bond donors (Lipinski definition) is 2. The van der Waals surface area contributed by atoms with E-state index < -0.39 is 0 Å². The van der Waals surface area contributed by atoms with Crippen LogP contribution in [0.2, 0.25) is 0 Å². The van der Waals surface area contributed by atoms with E-state index in [1.54, 1.807) is 18.3 Å². The molecule has 5 heteroatoms. The minimum absolute atomic E-state index is 0.155. The fourth-order valence-electron chi connectivity index (χ4n) is 3.87. The lowest BCUT2D eigenvalue weighted by Gasteiger charge is -2.42. The summed E-state index contributed by atoms with van der Waals surface area (Å²) >= 11 is 0. The number of para-hydroxylation sites is 1. The van der Waals surface area contributed by atoms with Crippen molar-refractivity contribution in [3.63, 3.8) is 0 Å². The molecule has 1 aliphatic heterocycles. The van der Waals surface area contributed by atoms with Gasteiger partial charge in [-0.25, -0.2) is 0 Å². The summed E-state index contributed by atoms with van der Waals surface area (Å²) < 4.78 is 0. The number of rotatable bonds is 4. The molecule has 5 nitrogen and oxygen atoms in total. The van der Waals surface area contributed by atoms with Crippen LogP contribution in [0.15, 0.2) is 66.9 Å². The zero-order valence-electron chi connectivity index (χ0n) is 15.1. The Kier molecular flexibility index (Phi) is 4.77. The number of aliphatic hydroxyl groups excluding tert-OH is 1. The molecule has 2 heterocycles. The highest BCUT2D eigenvalue weighted by molar-refractivity contribution is 5.69. The van der Waals surface area contributed by atoms with Crippen LogP contribution in [0.3, 0.4) is 0 Å². The van der Waals surface area contributed by atoms with Crippen LogP contribution in [-0.4, -0.2) is 40.1 Å². The van der Waals surface area contributed by atoms with Gasteiger partial charge in [-0.15, -0.1) is 0 Å². The summed E-state index contributed by atoms with van der Waals surface area (Å²) in [5.74, 6) is 0.200. The number of nitrogens with zero attached hydrogens (tertiary/aromatic N) is 3. The first kappa shape index (κ1) is 17.5. The van der Waals surface area contributed by atoms with Crippen LogP contribution in [0, 0.1) is 0 Å². The van der Waals surface area contributed by atoms with Crippen molar-refractivity contribution in [3.05, 3.63) is 72.4 Å². The molecule has 1 fully saturated rings. The molecule has 0 radical (unpaired) electrons. The zero-order valence-corrected chi connectivity index (χ0v) is 15.1. The van der Waals surface area contributed by atoms with E-state index in [1.807, 2.05) is 36.4 Å². The van der Waals surface area contributed by atoms with Crippen LogP contribution in [-0.2, 0) is 5.41 Å². The number of phenolic OH excluding ortho intramolecular Hbond substituents is 1. The van der Waals surface area contributed by atoms with Crippen molar-refractivity contribution in [2.24, 2.45) is 0 Å². The summed E-state index contributed by atoms with van der Waals surface area (Å²) in [7, 11) is 0. The maximum Gasteiger partial charge on any atom is 0.125 e. The van der Waals surface area contributed by atoms with Crippen molar-refractivity contribution in [1.82, 2.24) is 10.2 Å². The summed E-state index contributed by atoms with van der Waals surface area (Å²) in [5, 5.41) is 28.5. The maximum atomic E-state index is 10.1. The molecule has 138 valence electrons. The molecular weight excluding hydrogens is 338 g/mol. The average Bonchev–Trinajstić information content (AvgIpc) is 2.75. The molecule has 0 atom stereocenters. The number of phenols is 1. The molecule has 0 aliphatic carbocycles. The van der Waals surface area contributed by atoms with E-state index in [1.165, 1.54) is 5.56 Å². The molecule has 0 bridgehead atoms. The van der Waals surface area contributed by atoms with Gasteiger partial charge in [0.05, 0.1) is 24.2 Å². The number of aromatic nitrogens is 2. The molecule has 0 spiro atoms. The number of piperidine rings is 1. The molecule has 2 N–H and O–H groups in total. The minimum atomic E-state index is -0.182. The molecule has 4 rings (SSSR count). The Morgan fingerprint density at radius 3 is 2.37 bits per heavy atom. The summed E-state index contributed by atoms with van der Waals surface area (Å²) in [4.78, 5) is 2.27. The summed E-state index contributed by atoms with van der Waals surface area (Å²) in [6.07, 6.45) is 3.52. The Hall–Kier alpha value is -2.92. The molecule has 0 unspecified atom stereocenters. The van der Waals surface area contributed by atoms with Gasteiger partial charge in [0.25, 0.3) is 0 Å². The summed E-state index contributed by atoms with van der Waals surface area (Å²) in [5.41, 5.74) is 3.35. The van der Waals surface area contributed by atoms with Crippen molar-refractivity contribution in [1.29, 1.82) is 0 Å². The van der Waals surface area contributed by atoms with Gasteiger partial charge in [-0.1, -0.05) is 42.5 Å². The van der Waals surface area contributed by atoms with Crippen molar-refractivity contribution < 1.29 is 10.2 Å². The van der Waals surface area contributed by atoms with Crippen LogP contribution in [0.5, 0.6) is 5.75 Å². The van der Waals surface area contributed by atoms with Crippen LogP contribution in [0.25, 0.3) is 11.3 Å². The van der Waals surface area contributed by atoms with E-state index in [0.717, 1.165) is 31.6 Å². The number of anilines is 1. The first-order valence-corrected chi connectivity index (χ1v) is 9.24. The lowest BCUT2D eigenvalue weighted by atomic mass is 9.73. The van der Waals surface area contributed by atoms with Gasteiger partial charge in [-0.3, -0.25) is 0 Å². The average molecular weight is 361 g/mol. The fourth-order valence-corrected chi connectivity index (χ4v) is 3.87. The normalized spacial score (nSPS) is 16.3. The maximum absolute atomic E-state index is 10.1. The van der Waals surface area contributed by atoms with E-state index in [2.05, 4.69) is 27.2 Å². The first-order valence-electron chi connectivity index (χ1n) is 9.24. The van der Waals surface area contributed by atoms with Crippen LogP contribution in [0.1, 0.15) is 18.4 Å². The van der Waals surface area contributed by atoms with Gasteiger partial charge < -0.3 is 15.1 Å². The lowest BCUT2D eigenvalue weighted by Crippen LogP contribution is -2.44. The fraction of sp³-hybridized carbons (Fsp3) is 0.273. The highest BCUT2D eigenvalue weighted by atomic mass is 16.3. The molecule has 1 aromatic heterocycles. The van der Waals surface area contributed by atoms with E-state index in [9.17, 15) is 10.2 Å². The highest BCUT2D eigenvalue weighted by Crippen LogP contribution is 2.37.